The Morgan fingerprint density at radius 2 is 1.54 bits per heavy atom. The molecule has 0 saturated carbocycles. The first-order chi connectivity index (χ1) is 13.3. The number of halogens is 3. The molecule has 0 bridgehead atoms. The maximum absolute atomic E-state index is 12.7. The van der Waals surface area contributed by atoms with Gasteiger partial charge in [-0.3, -0.25) is 19.5 Å². The Hall–Kier alpha value is -3.07. The number of hydrazine groups is 1. The summed E-state index contributed by atoms with van der Waals surface area (Å²) in [5.74, 6) is -1.36. The zero-order valence-corrected chi connectivity index (χ0v) is 14.7. The Labute approximate surface area is 159 Å². The van der Waals surface area contributed by atoms with Crippen LogP contribution >= 0.6 is 0 Å². The van der Waals surface area contributed by atoms with Crippen molar-refractivity contribution >= 4 is 17.5 Å². The molecule has 2 fully saturated rings. The van der Waals surface area contributed by atoms with E-state index in [-0.39, 0.29) is 6.54 Å². The van der Waals surface area contributed by atoms with Crippen LogP contribution in [0.3, 0.4) is 0 Å². The highest BCUT2D eigenvalue weighted by atomic mass is 19.4. The van der Waals surface area contributed by atoms with Crippen molar-refractivity contribution in [3.8, 4) is 0 Å². The summed E-state index contributed by atoms with van der Waals surface area (Å²) in [5.41, 5.74) is 3.66. The molecule has 2 aliphatic rings. The van der Waals surface area contributed by atoms with Crippen LogP contribution in [0.4, 0.5) is 18.9 Å². The van der Waals surface area contributed by atoms with Gasteiger partial charge in [0.1, 0.15) is 0 Å². The van der Waals surface area contributed by atoms with Crippen molar-refractivity contribution in [1.82, 2.24) is 15.3 Å². The number of anilines is 1. The SMILES string of the molecule is O=C1C(=O)N2CCN(c3ccccc3)C2NN1Cc1ccc(C(F)(F)F)cc1. The molecule has 28 heavy (non-hydrogen) atoms. The second kappa shape index (κ2) is 6.83. The van der Waals surface area contributed by atoms with E-state index in [0.717, 1.165) is 22.8 Å². The summed E-state index contributed by atoms with van der Waals surface area (Å²) in [4.78, 5) is 28.3. The first kappa shape index (κ1) is 18.3. The first-order valence-electron chi connectivity index (χ1n) is 8.71. The van der Waals surface area contributed by atoms with Crippen LogP contribution < -0.4 is 10.3 Å². The first-order valence-corrected chi connectivity index (χ1v) is 8.71. The Morgan fingerprint density at radius 1 is 0.893 bits per heavy atom. The van der Waals surface area contributed by atoms with E-state index in [0.29, 0.717) is 18.7 Å². The van der Waals surface area contributed by atoms with E-state index in [2.05, 4.69) is 5.43 Å². The lowest BCUT2D eigenvalue weighted by Crippen LogP contribution is -2.67. The zero-order valence-electron chi connectivity index (χ0n) is 14.7. The number of fused-ring (bicyclic) bond motifs is 1. The summed E-state index contributed by atoms with van der Waals surface area (Å²) in [6, 6.07) is 14.0. The van der Waals surface area contributed by atoms with Gasteiger partial charge in [0.15, 0.2) is 6.29 Å². The van der Waals surface area contributed by atoms with Gasteiger partial charge >= 0.3 is 18.0 Å². The summed E-state index contributed by atoms with van der Waals surface area (Å²) >= 11 is 0. The van der Waals surface area contributed by atoms with Gasteiger partial charge in [-0.2, -0.15) is 18.6 Å². The molecule has 1 unspecified atom stereocenters. The van der Waals surface area contributed by atoms with Crippen LogP contribution in [-0.4, -0.2) is 41.1 Å². The molecule has 2 saturated heterocycles. The molecule has 2 amide bonds. The van der Waals surface area contributed by atoms with E-state index in [4.69, 9.17) is 0 Å². The molecule has 0 aliphatic carbocycles. The minimum Gasteiger partial charge on any atom is -0.336 e. The average molecular weight is 390 g/mol. The number of hydrogen-bond acceptors (Lipinski definition) is 4. The molecule has 4 rings (SSSR count). The molecule has 0 radical (unpaired) electrons. The van der Waals surface area contributed by atoms with Gasteiger partial charge in [0.25, 0.3) is 0 Å². The minimum absolute atomic E-state index is 0.0182. The molecule has 0 aromatic heterocycles. The second-order valence-corrected chi connectivity index (χ2v) is 6.62. The van der Waals surface area contributed by atoms with Gasteiger partial charge in [-0.25, -0.2) is 0 Å². The van der Waals surface area contributed by atoms with Crippen LogP contribution in [0.1, 0.15) is 11.1 Å². The fraction of sp³-hybridized carbons (Fsp3) is 0.263. The second-order valence-electron chi connectivity index (χ2n) is 6.62. The van der Waals surface area contributed by atoms with E-state index in [9.17, 15) is 22.8 Å². The highest BCUT2D eigenvalue weighted by Crippen LogP contribution is 2.29. The Bertz CT molecular complexity index is 886. The average Bonchev–Trinajstić information content (AvgIpc) is 3.10. The van der Waals surface area contributed by atoms with E-state index in [1.807, 2.05) is 35.2 Å². The van der Waals surface area contributed by atoms with E-state index in [1.54, 1.807) is 0 Å². The molecule has 1 N–H and O–H groups in total. The van der Waals surface area contributed by atoms with Crippen molar-refractivity contribution in [1.29, 1.82) is 0 Å². The maximum Gasteiger partial charge on any atom is 0.416 e. The predicted octanol–water partition coefficient (Wildman–Crippen LogP) is 2.18. The van der Waals surface area contributed by atoms with E-state index in [1.165, 1.54) is 17.0 Å². The number of amides is 2. The molecule has 6 nitrogen and oxygen atoms in total. The molecule has 2 heterocycles. The molecule has 2 aliphatic heterocycles. The molecule has 2 aromatic carbocycles. The smallest absolute Gasteiger partial charge is 0.336 e. The van der Waals surface area contributed by atoms with Crippen LogP contribution in [-0.2, 0) is 22.3 Å². The van der Waals surface area contributed by atoms with Crippen LogP contribution in [0.2, 0.25) is 0 Å². The molecule has 0 spiro atoms. The third-order valence-corrected chi connectivity index (χ3v) is 4.84. The number of hydrogen-bond donors (Lipinski definition) is 1. The number of alkyl halides is 3. The normalized spacial score (nSPS) is 20.0. The largest absolute Gasteiger partial charge is 0.416 e. The minimum atomic E-state index is -4.42. The Balaban J connectivity index is 1.53. The van der Waals surface area contributed by atoms with Crippen molar-refractivity contribution in [3.05, 3.63) is 65.7 Å². The third-order valence-electron chi connectivity index (χ3n) is 4.84. The lowest BCUT2D eigenvalue weighted by molar-refractivity contribution is -0.163. The van der Waals surface area contributed by atoms with Crippen molar-refractivity contribution in [2.24, 2.45) is 0 Å². The van der Waals surface area contributed by atoms with E-state index < -0.39 is 29.8 Å². The summed E-state index contributed by atoms with van der Waals surface area (Å²) in [7, 11) is 0. The van der Waals surface area contributed by atoms with Gasteiger partial charge < -0.3 is 4.90 Å². The molecule has 2 aromatic rings. The quantitative estimate of drug-likeness (QED) is 0.817. The molecular weight excluding hydrogens is 373 g/mol. The highest BCUT2D eigenvalue weighted by molar-refractivity contribution is 6.35. The third kappa shape index (κ3) is 3.29. The fourth-order valence-corrected chi connectivity index (χ4v) is 3.41. The predicted molar refractivity (Wildman–Crippen MR) is 94.4 cm³/mol. The van der Waals surface area contributed by atoms with Gasteiger partial charge in [0.2, 0.25) is 0 Å². The lowest BCUT2D eigenvalue weighted by Gasteiger charge is -2.40. The lowest BCUT2D eigenvalue weighted by atomic mass is 10.1. The van der Waals surface area contributed by atoms with Gasteiger partial charge in [0, 0.05) is 18.8 Å². The van der Waals surface area contributed by atoms with Gasteiger partial charge in [-0.1, -0.05) is 30.3 Å². The summed E-state index contributed by atoms with van der Waals surface area (Å²) in [6.45, 7) is 0.954. The van der Waals surface area contributed by atoms with E-state index >= 15 is 0 Å². The molecule has 1 atom stereocenters. The topological polar surface area (TPSA) is 55.9 Å². The Morgan fingerprint density at radius 3 is 2.18 bits per heavy atom. The molecular formula is C19H17F3N4O2. The molecule has 146 valence electrons. The zero-order chi connectivity index (χ0) is 19.9. The van der Waals surface area contributed by atoms with Crippen LogP contribution in [0.25, 0.3) is 0 Å². The maximum atomic E-state index is 12.7. The van der Waals surface area contributed by atoms with Crippen molar-refractivity contribution < 1.29 is 22.8 Å². The summed E-state index contributed by atoms with van der Waals surface area (Å²) in [5, 5.41) is 1.16. The summed E-state index contributed by atoms with van der Waals surface area (Å²) < 4.78 is 38.1. The van der Waals surface area contributed by atoms with Gasteiger partial charge in [-0.15, -0.1) is 0 Å². The number of nitrogens with zero attached hydrogens (tertiary/aromatic N) is 3. The van der Waals surface area contributed by atoms with Crippen LogP contribution in [0, 0.1) is 0 Å². The van der Waals surface area contributed by atoms with Gasteiger partial charge in [-0.05, 0) is 29.8 Å². The van der Waals surface area contributed by atoms with Crippen molar-refractivity contribution in [2.75, 3.05) is 18.0 Å². The molecule has 9 heteroatoms. The number of nitrogens with one attached hydrogen (secondary N) is 1. The number of carbonyl (C=O) groups is 2. The van der Waals surface area contributed by atoms with Crippen LogP contribution in [0.15, 0.2) is 54.6 Å². The monoisotopic (exact) mass is 390 g/mol. The number of benzene rings is 2. The van der Waals surface area contributed by atoms with Crippen LogP contribution in [0.5, 0.6) is 0 Å². The number of carbonyl (C=O) groups excluding carboxylic acids is 2. The van der Waals surface area contributed by atoms with Crippen molar-refractivity contribution in [3.63, 3.8) is 0 Å². The Kier molecular flexibility index (Phi) is 4.46. The van der Waals surface area contributed by atoms with Gasteiger partial charge in [0.05, 0.1) is 12.1 Å². The number of para-hydroxylation sites is 1. The number of rotatable bonds is 3. The standard InChI is InChI=1S/C19H17F3N4O2/c20-19(21,22)14-8-6-13(7-9-14)12-26-17(28)16(27)25-11-10-24(18(25)23-26)15-4-2-1-3-5-15/h1-9,18,23H,10-12H2. The summed E-state index contributed by atoms with van der Waals surface area (Å²) in [6.07, 6.45) is -4.95. The fourth-order valence-electron chi connectivity index (χ4n) is 3.41. The highest BCUT2D eigenvalue weighted by Gasteiger charge is 2.45. The van der Waals surface area contributed by atoms with Crippen molar-refractivity contribution in [2.45, 2.75) is 19.0 Å².